The fraction of sp³-hybridized carbons (Fsp3) is 0.111. The molecule has 0 amide bonds. The fourth-order valence-corrected chi connectivity index (χ4v) is 3.05. The van der Waals surface area contributed by atoms with Crippen molar-refractivity contribution in [3.8, 4) is 0 Å². The minimum absolute atomic E-state index is 0.220. The second-order valence-corrected chi connectivity index (χ2v) is 6.32. The number of benzene rings is 2. The number of fused-ring (bicyclic) bond motifs is 1. The third-order valence-electron chi connectivity index (χ3n) is 3.78. The van der Waals surface area contributed by atoms with Crippen molar-refractivity contribution in [3.63, 3.8) is 0 Å². The summed E-state index contributed by atoms with van der Waals surface area (Å²) in [5.41, 5.74) is 1.28. The molecular formula is C18H11Cl2F4N. The summed E-state index contributed by atoms with van der Waals surface area (Å²) < 4.78 is 53.8. The molecule has 0 bridgehead atoms. The van der Waals surface area contributed by atoms with Crippen molar-refractivity contribution in [1.82, 2.24) is 4.98 Å². The van der Waals surface area contributed by atoms with Crippen molar-refractivity contribution in [2.24, 2.45) is 0 Å². The number of H-pyrrole nitrogens is 1. The van der Waals surface area contributed by atoms with Gasteiger partial charge in [-0.2, -0.15) is 13.2 Å². The number of alkyl halides is 3. The van der Waals surface area contributed by atoms with Gasteiger partial charge in [-0.05, 0) is 46.8 Å². The van der Waals surface area contributed by atoms with Gasteiger partial charge in [0.2, 0.25) is 0 Å². The maximum atomic E-state index is 13.5. The van der Waals surface area contributed by atoms with E-state index >= 15 is 0 Å². The van der Waals surface area contributed by atoms with Crippen LogP contribution in [0, 0.1) is 5.82 Å². The van der Waals surface area contributed by atoms with Gasteiger partial charge in [-0.3, -0.25) is 0 Å². The summed E-state index contributed by atoms with van der Waals surface area (Å²) in [5, 5.41) is -0.00337. The summed E-state index contributed by atoms with van der Waals surface area (Å²) in [4.78, 5) is 3.01. The quantitative estimate of drug-likeness (QED) is 0.368. The van der Waals surface area contributed by atoms with E-state index in [-0.39, 0.29) is 5.56 Å². The largest absolute Gasteiger partial charge is 0.399 e. The summed E-state index contributed by atoms with van der Waals surface area (Å²) in [6.07, 6.45) is -0.443. The molecule has 0 aliphatic heterocycles. The molecule has 25 heavy (non-hydrogen) atoms. The predicted molar refractivity (Wildman–Crippen MR) is 92.5 cm³/mol. The third-order valence-corrected chi connectivity index (χ3v) is 4.33. The zero-order valence-electron chi connectivity index (χ0n) is 12.5. The maximum Gasteiger partial charge on any atom is 0.399 e. The van der Waals surface area contributed by atoms with E-state index in [4.69, 9.17) is 23.2 Å². The van der Waals surface area contributed by atoms with Crippen LogP contribution in [0.15, 0.2) is 48.7 Å². The molecule has 1 N–H and O–H groups in total. The van der Waals surface area contributed by atoms with Crippen LogP contribution in [0.3, 0.4) is 0 Å². The summed E-state index contributed by atoms with van der Waals surface area (Å²) in [6.45, 7) is 0. The van der Waals surface area contributed by atoms with E-state index in [1.807, 2.05) is 6.07 Å². The standard InChI is InChI=1S/C18H11Cl2F4N/c19-14-8-12(9-15(20)17(14)21)13(18(22,23)24)3-1-10-2-4-16-11(7-10)5-6-25-16/h1-9,13,25H. The van der Waals surface area contributed by atoms with Crippen LogP contribution < -0.4 is 0 Å². The van der Waals surface area contributed by atoms with Gasteiger partial charge in [-0.25, -0.2) is 4.39 Å². The molecule has 0 saturated heterocycles. The summed E-state index contributed by atoms with van der Waals surface area (Å²) >= 11 is 11.3. The summed E-state index contributed by atoms with van der Waals surface area (Å²) in [5.74, 6) is -2.89. The van der Waals surface area contributed by atoms with Gasteiger partial charge in [0, 0.05) is 11.7 Å². The highest BCUT2D eigenvalue weighted by molar-refractivity contribution is 6.35. The molecular weight excluding hydrogens is 377 g/mol. The molecule has 0 aliphatic rings. The predicted octanol–water partition coefficient (Wildman–Crippen LogP) is 6.97. The van der Waals surface area contributed by atoms with Gasteiger partial charge < -0.3 is 4.98 Å². The Labute approximate surface area is 150 Å². The van der Waals surface area contributed by atoms with Crippen LogP contribution in [0.5, 0.6) is 0 Å². The Morgan fingerprint density at radius 2 is 1.68 bits per heavy atom. The lowest BCUT2D eigenvalue weighted by molar-refractivity contribution is -0.139. The topological polar surface area (TPSA) is 15.8 Å². The van der Waals surface area contributed by atoms with Crippen LogP contribution in [-0.2, 0) is 0 Å². The van der Waals surface area contributed by atoms with Crippen LogP contribution in [0.4, 0.5) is 17.6 Å². The molecule has 1 unspecified atom stereocenters. The van der Waals surface area contributed by atoms with Crippen molar-refractivity contribution in [1.29, 1.82) is 0 Å². The van der Waals surface area contributed by atoms with Gasteiger partial charge in [0.1, 0.15) is 0 Å². The molecule has 1 nitrogen and oxygen atoms in total. The number of halogens is 6. The molecule has 1 atom stereocenters. The second-order valence-electron chi connectivity index (χ2n) is 5.50. The SMILES string of the molecule is Fc1c(Cl)cc(C(C=Cc2ccc3[nH]ccc3c2)C(F)(F)F)cc1Cl. The van der Waals surface area contributed by atoms with Crippen LogP contribution >= 0.6 is 23.2 Å². The molecule has 1 heterocycles. The van der Waals surface area contributed by atoms with Gasteiger partial charge in [0.15, 0.2) is 5.82 Å². The van der Waals surface area contributed by atoms with Gasteiger partial charge >= 0.3 is 6.18 Å². The first kappa shape index (κ1) is 17.8. The number of nitrogens with one attached hydrogen (secondary N) is 1. The molecule has 130 valence electrons. The summed E-state index contributed by atoms with van der Waals surface area (Å²) in [6, 6.07) is 8.96. The lowest BCUT2D eigenvalue weighted by atomic mass is 9.97. The maximum absolute atomic E-state index is 13.5. The van der Waals surface area contributed by atoms with Crippen LogP contribution in [0.1, 0.15) is 17.0 Å². The van der Waals surface area contributed by atoms with E-state index in [2.05, 4.69) is 4.98 Å². The number of rotatable bonds is 3. The van der Waals surface area contributed by atoms with E-state index in [0.717, 1.165) is 29.1 Å². The second kappa shape index (κ2) is 6.73. The molecule has 7 heteroatoms. The Bertz CT molecular complexity index is 921. The van der Waals surface area contributed by atoms with Crippen molar-refractivity contribution < 1.29 is 17.6 Å². The first-order valence-electron chi connectivity index (χ1n) is 7.22. The zero-order chi connectivity index (χ0) is 18.2. The number of aromatic nitrogens is 1. The van der Waals surface area contributed by atoms with E-state index in [1.54, 1.807) is 24.4 Å². The average molecular weight is 388 g/mol. The molecule has 0 spiro atoms. The van der Waals surface area contributed by atoms with E-state index < -0.39 is 28.0 Å². The van der Waals surface area contributed by atoms with Crippen LogP contribution in [0.2, 0.25) is 10.0 Å². The van der Waals surface area contributed by atoms with Crippen LogP contribution in [-0.4, -0.2) is 11.2 Å². The number of hydrogen-bond acceptors (Lipinski definition) is 0. The molecule has 0 fully saturated rings. The molecule has 3 rings (SSSR count). The number of hydrogen-bond donors (Lipinski definition) is 1. The molecule has 2 aromatic carbocycles. The molecule has 0 radical (unpaired) electrons. The number of allylic oxidation sites excluding steroid dienone is 1. The highest BCUT2D eigenvalue weighted by Gasteiger charge is 2.39. The average Bonchev–Trinajstić information content (AvgIpc) is 2.99. The summed E-state index contributed by atoms with van der Waals surface area (Å²) in [7, 11) is 0. The van der Waals surface area contributed by atoms with Crippen molar-refractivity contribution in [3.05, 3.63) is 75.7 Å². The lowest BCUT2D eigenvalue weighted by Gasteiger charge is -2.18. The van der Waals surface area contributed by atoms with Gasteiger partial charge in [-0.15, -0.1) is 0 Å². The monoisotopic (exact) mass is 387 g/mol. The fourth-order valence-electron chi connectivity index (χ4n) is 2.55. The molecule has 1 aromatic heterocycles. The lowest BCUT2D eigenvalue weighted by Crippen LogP contribution is -2.19. The normalized spacial score (nSPS) is 13.7. The third kappa shape index (κ3) is 3.83. The Morgan fingerprint density at radius 3 is 2.32 bits per heavy atom. The first-order chi connectivity index (χ1) is 11.8. The molecule has 3 aromatic rings. The van der Waals surface area contributed by atoms with Crippen molar-refractivity contribution in [2.45, 2.75) is 12.1 Å². The Morgan fingerprint density at radius 1 is 1.00 bits per heavy atom. The first-order valence-corrected chi connectivity index (χ1v) is 7.98. The van der Waals surface area contributed by atoms with Gasteiger partial charge in [0.25, 0.3) is 0 Å². The van der Waals surface area contributed by atoms with Crippen molar-refractivity contribution in [2.75, 3.05) is 0 Å². The van der Waals surface area contributed by atoms with E-state index in [1.165, 1.54) is 6.08 Å². The Hall–Kier alpha value is -1.98. The van der Waals surface area contributed by atoms with E-state index in [9.17, 15) is 17.6 Å². The minimum Gasteiger partial charge on any atom is -0.361 e. The van der Waals surface area contributed by atoms with Crippen molar-refractivity contribution >= 4 is 40.2 Å². The number of aromatic amines is 1. The highest BCUT2D eigenvalue weighted by atomic mass is 35.5. The smallest absolute Gasteiger partial charge is 0.361 e. The minimum atomic E-state index is -4.57. The van der Waals surface area contributed by atoms with E-state index in [0.29, 0.717) is 5.56 Å². The molecule has 0 saturated carbocycles. The Kier molecular flexibility index (Phi) is 4.80. The van der Waals surface area contributed by atoms with Crippen LogP contribution in [0.25, 0.3) is 17.0 Å². The highest BCUT2D eigenvalue weighted by Crippen LogP contribution is 2.39. The Balaban J connectivity index is 1.99. The molecule has 0 aliphatic carbocycles. The van der Waals surface area contributed by atoms with Gasteiger partial charge in [0.05, 0.1) is 16.0 Å². The van der Waals surface area contributed by atoms with Gasteiger partial charge in [-0.1, -0.05) is 41.4 Å². The zero-order valence-corrected chi connectivity index (χ0v) is 14.1.